The Kier molecular flexibility index (Phi) is 6.18. The second-order valence-corrected chi connectivity index (χ2v) is 5.84. The lowest BCUT2D eigenvalue weighted by atomic mass is 10.0. The minimum atomic E-state index is -0.398. The molecule has 0 unspecified atom stereocenters. The van der Waals surface area contributed by atoms with Crippen molar-refractivity contribution in [3.05, 3.63) is 71.3 Å². The van der Waals surface area contributed by atoms with E-state index in [2.05, 4.69) is 11.4 Å². The largest absolute Gasteiger partial charge is 0.445 e. The smallest absolute Gasteiger partial charge is 0.407 e. The van der Waals surface area contributed by atoms with Crippen LogP contribution < -0.4 is 11.1 Å². The Morgan fingerprint density at radius 2 is 1.78 bits per heavy atom. The van der Waals surface area contributed by atoms with Gasteiger partial charge in [-0.1, -0.05) is 54.6 Å². The number of benzene rings is 2. The first-order valence-corrected chi connectivity index (χ1v) is 7.86. The zero-order chi connectivity index (χ0) is 16.7. The van der Waals surface area contributed by atoms with E-state index in [9.17, 15) is 4.79 Å². The van der Waals surface area contributed by atoms with Gasteiger partial charge in [-0.05, 0) is 37.0 Å². The van der Waals surface area contributed by atoms with Gasteiger partial charge in [0.2, 0.25) is 0 Å². The van der Waals surface area contributed by atoms with Crippen LogP contribution in [0.5, 0.6) is 0 Å². The molecule has 0 heterocycles. The Bertz CT molecular complexity index is 626. The van der Waals surface area contributed by atoms with Crippen LogP contribution in [0.3, 0.4) is 0 Å². The molecule has 0 fully saturated rings. The monoisotopic (exact) mass is 312 g/mol. The van der Waals surface area contributed by atoms with Crippen LogP contribution in [0.1, 0.15) is 36.6 Å². The molecule has 0 aliphatic rings. The number of alkyl carbamates (subject to hydrolysis) is 1. The Morgan fingerprint density at radius 1 is 1.09 bits per heavy atom. The first-order valence-electron chi connectivity index (χ1n) is 7.86. The molecular formula is C19H24N2O2. The number of rotatable bonds is 6. The standard InChI is InChI=1S/C19H24N2O2/c1-14(11-17-9-6-10-18(12-17)15(2)20)21-19(22)23-13-16-7-4-3-5-8-16/h3-10,12,14-15H,11,13,20H2,1-2H3,(H,21,22)/t14-,15+/m0/s1. The van der Waals surface area contributed by atoms with Gasteiger partial charge in [-0.2, -0.15) is 0 Å². The summed E-state index contributed by atoms with van der Waals surface area (Å²) < 4.78 is 5.23. The molecule has 23 heavy (non-hydrogen) atoms. The molecule has 3 N–H and O–H groups in total. The molecule has 4 heteroatoms. The minimum Gasteiger partial charge on any atom is -0.445 e. The number of hydrogen-bond acceptors (Lipinski definition) is 3. The zero-order valence-electron chi connectivity index (χ0n) is 13.7. The molecule has 0 aliphatic heterocycles. The number of nitrogens with two attached hydrogens (primary N) is 1. The summed E-state index contributed by atoms with van der Waals surface area (Å²) in [5.74, 6) is 0. The summed E-state index contributed by atoms with van der Waals surface area (Å²) in [6.07, 6.45) is 0.339. The van der Waals surface area contributed by atoms with E-state index in [-0.39, 0.29) is 18.7 Å². The van der Waals surface area contributed by atoms with Crippen LogP contribution in [-0.2, 0) is 17.8 Å². The minimum absolute atomic E-state index is 0.00838. The third-order valence-corrected chi connectivity index (χ3v) is 3.60. The van der Waals surface area contributed by atoms with E-state index in [4.69, 9.17) is 10.5 Å². The first-order chi connectivity index (χ1) is 11.0. The van der Waals surface area contributed by atoms with Crippen LogP contribution >= 0.6 is 0 Å². The maximum atomic E-state index is 11.8. The molecule has 2 aromatic rings. The topological polar surface area (TPSA) is 64.3 Å². The van der Waals surface area contributed by atoms with Crippen molar-refractivity contribution in [2.24, 2.45) is 5.73 Å². The number of ether oxygens (including phenoxy) is 1. The van der Waals surface area contributed by atoms with E-state index in [1.165, 1.54) is 0 Å². The normalized spacial score (nSPS) is 13.2. The predicted molar refractivity (Wildman–Crippen MR) is 92.0 cm³/mol. The first kappa shape index (κ1) is 17.0. The molecule has 0 saturated heterocycles. The van der Waals surface area contributed by atoms with Gasteiger partial charge < -0.3 is 15.8 Å². The summed E-state index contributed by atoms with van der Waals surface area (Å²) in [4.78, 5) is 11.8. The van der Waals surface area contributed by atoms with E-state index in [0.717, 1.165) is 23.1 Å². The molecule has 2 aromatic carbocycles. The molecule has 0 bridgehead atoms. The Balaban J connectivity index is 1.81. The van der Waals surface area contributed by atoms with Crippen LogP contribution in [0.15, 0.2) is 54.6 Å². The van der Waals surface area contributed by atoms with Gasteiger partial charge in [0.25, 0.3) is 0 Å². The number of carbonyl (C=O) groups excluding carboxylic acids is 1. The van der Waals surface area contributed by atoms with Gasteiger partial charge in [0.15, 0.2) is 0 Å². The fraction of sp³-hybridized carbons (Fsp3) is 0.316. The third kappa shape index (κ3) is 5.75. The second-order valence-electron chi connectivity index (χ2n) is 5.84. The lowest BCUT2D eigenvalue weighted by Crippen LogP contribution is -2.34. The van der Waals surface area contributed by atoms with Gasteiger partial charge in [-0.15, -0.1) is 0 Å². The number of nitrogens with one attached hydrogen (secondary N) is 1. The number of carbonyl (C=O) groups is 1. The summed E-state index contributed by atoms with van der Waals surface area (Å²) in [5, 5.41) is 2.85. The molecule has 4 nitrogen and oxygen atoms in total. The Labute approximate surface area is 137 Å². The summed E-state index contributed by atoms with van der Waals surface area (Å²) in [7, 11) is 0. The van der Waals surface area contributed by atoms with E-state index >= 15 is 0 Å². The fourth-order valence-electron chi connectivity index (χ4n) is 2.37. The van der Waals surface area contributed by atoms with Crippen molar-refractivity contribution < 1.29 is 9.53 Å². The molecule has 2 rings (SSSR count). The predicted octanol–water partition coefficient (Wildman–Crippen LogP) is 3.56. The molecular weight excluding hydrogens is 288 g/mol. The highest BCUT2D eigenvalue weighted by Gasteiger charge is 2.10. The van der Waals surface area contributed by atoms with Crippen molar-refractivity contribution in [1.29, 1.82) is 0 Å². The molecule has 0 spiro atoms. The summed E-state index contributed by atoms with van der Waals surface area (Å²) in [5.41, 5.74) is 9.12. The van der Waals surface area contributed by atoms with Gasteiger partial charge in [-0.3, -0.25) is 0 Å². The summed E-state index contributed by atoms with van der Waals surface area (Å²) in [6.45, 7) is 4.20. The average molecular weight is 312 g/mol. The summed E-state index contributed by atoms with van der Waals surface area (Å²) in [6, 6.07) is 17.8. The summed E-state index contributed by atoms with van der Waals surface area (Å²) >= 11 is 0. The van der Waals surface area contributed by atoms with Gasteiger partial charge in [0.1, 0.15) is 6.61 Å². The molecule has 1 amide bonds. The molecule has 122 valence electrons. The van der Waals surface area contributed by atoms with Crippen molar-refractivity contribution in [2.45, 2.75) is 39.0 Å². The van der Waals surface area contributed by atoms with E-state index in [1.807, 2.05) is 62.4 Å². The maximum absolute atomic E-state index is 11.8. The van der Waals surface area contributed by atoms with Crippen molar-refractivity contribution in [1.82, 2.24) is 5.32 Å². The fourth-order valence-corrected chi connectivity index (χ4v) is 2.37. The lowest BCUT2D eigenvalue weighted by Gasteiger charge is -2.15. The molecule has 0 radical (unpaired) electrons. The van der Waals surface area contributed by atoms with Gasteiger partial charge in [0.05, 0.1) is 0 Å². The Morgan fingerprint density at radius 3 is 2.48 bits per heavy atom. The van der Waals surface area contributed by atoms with Gasteiger partial charge >= 0.3 is 6.09 Å². The number of amides is 1. The highest BCUT2D eigenvalue weighted by molar-refractivity contribution is 5.67. The molecule has 0 aliphatic carbocycles. The molecule has 2 atom stereocenters. The molecule has 0 aromatic heterocycles. The lowest BCUT2D eigenvalue weighted by molar-refractivity contribution is 0.136. The van der Waals surface area contributed by atoms with Crippen molar-refractivity contribution >= 4 is 6.09 Å². The molecule has 0 saturated carbocycles. The van der Waals surface area contributed by atoms with Crippen LogP contribution in [-0.4, -0.2) is 12.1 Å². The third-order valence-electron chi connectivity index (χ3n) is 3.60. The van der Waals surface area contributed by atoms with Gasteiger partial charge in [0, 0.05) is 12.1 Å². The SMILES string of the molecule is C[C@@H](Cc1cccc([C@@H](C)N)c1)NC(=O)OCc1ccccc1. The van der Waals surface area contributed by atoms with Crippen LogP contribution in [0.4, 0.5) is 4.79 Å². The second kappa shape index (κ2) is 8.34. The highest BCUT2D eigenvalue weighted by Crippen LogP contribution is 2.13. The van der Waals surface area contributed by atoms with E-state index < -0.39 is 6.09 Å². The maximum Gasteiger partial charge on any atom is 0.407 e. The zero-order valence-corrected chi connectivity index (χ0v) is 13.7. The Hall–Kier alpha value is -2.33. The average Bonchev–Trinajstić information content (AvgIpc) is 2.54. The van der Waals surface area contributed by atoms with Crippen molar-refractivity contribution in [3.63, 3.8) is 0 Å². The van der Waals surface area contributed by atoms with Crippen molar-refractivity contribution in [2.75, 3.05) is 0 Å². The highest BCUT2D eigenvalue weighted by atomic mass is 16.5. The quantitative estimate of drug-likeness (QED) is 0.857. The number of hydrogen-bond donors (Lipinski definition) is 2. The van der Waals surface area contributed by atoms with Crippen LogP contribution in [0, 0.1) is 0 Å². The van der Waals surface area contributed by atoms with E-state index in [0.29, 0.717) is 0 Å². The van der Waals surface area contributed by atoms with Crippen LogP contribution in [0.25, 0.3) is 0 Å². The van der Waals surface area contributed by atoms with Gasteiger partial charge in [-0.25, -0.2) is 4.79 Å². The van der Waals surface area contributed by atoms with Crippen LogP contribution in [0.2, 0.25) is 0 Å². The van der Waals surface area contributed by atoms with Crippen molar-refractivity contribution in [3.8, 4) is 0 Å². The van der Waals surface area contributed by atoms with E-state index in [1.54, 1.807) is 0 Å².